The van der Waals surface area contributed by atoms with E-state index < -0.39 is 0 Å². The second-order valence-corrected chi connectivity index (χ2v) is 13.2. The molecule has 4 nitrogen and oxygen atoms in total. The van der Waals surface area contributed by atoms with Gasteiger partial charge in [0.2, 0.25) is 0 Å². The van der Waals surface area contributed by atoms with Gasteiger partial charge in [-0.05, 0) is 80.8 Å². The molecule has 0 bridgehead atoms. The largest absolute Gasteiger partial charge is 0.456 e. The Labute approximate surface area is 327 Å². The van der Waals surface area contributed by atoms with Crippen LogP contribution in [-0.4, -0.2) is 15.0 Å². The van der Waals surface area contributed by atoms with E-state index in [-0.39, 0.29) is 75.1 Å². The topological polar surface area (TPSA) is 51.8 Å². The maximum absolute atomic E-state index is 9.61. The Balaban J connectivity index is 1.21. The van der Waals surface area contributed by atoms with Gasteiger partial charge in [-0.1, -0.05) is 164 Å². The summed E-state index contributed by atoms with van der Waals surface area (Å²) in [5.74, 6) is 0.654. The maximum atomic E-state index is 9.61. The molecule has 258 valence electrons. The molecule has 0 unspecified atom stereocenters. The summed E-state index contributed by atoms with van der Waals surface area (Å²) < 4.78 is 62.3. The second kappa shape index (κ2) is 13.8. The fourth-order valence-electron chi connectivity index (χ4n) is 6.92. The molecule has 0 spiro atoms. The molecule has 0 fully saturated rings. The van der Waals surface area contributed by atoms with Crippen LogP contribution in [0.1, 0.15) is 8.22 Å². The van der Waals surface area contributed by atoms with Crippen LogP contribution >= 0.6 is 0 Å². The number of rotatable bonds is 7. The molecule has 0 atom stereocenters. The van der Waals surface area contributed by atoms with Crippen LogP contribution < -0.4 is 0 Å². The normalized spacial score (nSPS) is 12.8. The smallest absolute Gasteiger partial charge is 0.164 e. The summed E-state index contributed by atoms with van der Waals surface area (Å²) in [6.45, 7) is 0. The van der Waals surface area contributed by atoms with E-state index >= 15 is 0 Å². The number of hydrogen-bond donors (Lipinski definition) is 0. The van der Waals surface area contributed by atoms with Crippen LogP contribution in [0.3, 0.4) is 0 Å². The lowest BCUT2D eigenvalue weighted by Gasteiger charge is -2.12. The van der Waals surface area contributed by atoms with E-state index in [4.69, 9.17) is 22.1 Å². The van der Waals surface area contributed by atoms with Crippen molar-refractivity contribution in [1.29, 1.82) is 0 Å². The van der Waals surface area contributed by atoms with Crippen molar-refractivity contribution in [1.82, 2.24) is 15.0 Å². The Kier molecular flexibility index (Phi) is 6.63. The molecule has 0 aliphatic carbocycles. The minimum atomic E-state index is -0.356. The van der Waals surface area contributed by atoms with Gasteiger partial charge in [0.1, 0.15) is 11.2 Å². The van der Waals surface area contributed by atoms with Gasteiger partial charge in [-0.15, -0.1) is 0 Å². The number of benzene rings is 8. The van der Waals surface area contributed by atoms with Gasteiger partial charge in [-0.3, -0.25) is 0 Å². The average molecular weight is 710 g/mol. The molecule has 10 aromatic rings. The summed E-state index contributed by atoms with van der Waals surface area (Å²) in [4.78, 5) is 14.5. The predicted octanol–water partition coefficient (Wildman–Crippen LogP) is 13.4. The van der Waals surface area contributed by atoms with E-state index in [1.807, 2.05) is 158 Å². The van der Waals surface area contributed by atoms with Crippen LogP contribution in [0.25, 0.3) is 101 Å². The Hall–Kier alpha value is -7.43. The fraction of sp³-hybridized carbons (Fsp3) is 0. The SMILES string of the molecule is [2H]c1c([2H])c(-c2cc(-c3ccccc3)cc(-c3ccccc3)c2)c2c(oc3c([2H])c(-c4nc(-c5ccccc5)nc(-c5ccc(-c6ccccc6)cc5)n4)c([2H])c([2H])c32)c1[2H]. The molecule has 0 saturated heterocycles. The monoisotopic (exact) mass is 709 g/mol. The highest BCUT2D eigenvalue weighted by Crippen LogP contribution is 2.41. The van der Waals surface area contributed by atoms with Gasteiger partial charge >= 0.3 is 0 Å². The third-order valence-electron chi connectivity index (χ3n) is 9.65. The molecule has 0 aliphatic rings. The Morgan fingerprint density at radius 2 is 0.800 bits per heavy atom. The van der Waals surface area contributed by atoms with Crippen LogP contribution in [0.5, 0.6) is 0 Å². The van der Waals surface area contributed by atoms with Crippen molar-refractivity contribution in [2.45, 2.75) is 0 Å². The highest BCUT2D eigenvalue weighted by Gasteiger charge is 2.18. The number of furan rings is 1. The zero-order valence-electron chi connectivity index (χ0n) is 35.3. The minimum absolute atomic E-state index is 0.0126. The molecule has 0 saturated carbocycles. The zero-order valence-corrected chi connectivity index (χ0v) is 29.3. The van der Waals surface area contributed by atoms with Crippen molar-refractivity contribution < 1.29 is 12.6 Å². The summed E-state index contributed by atoms with van der Waals surface area (Å²) >= 11 is 0. The lowest BCUT2D eigenvalue weighted by atomic mass is 9.91. The van der Waals surface area contributed by atoms with E-state index in [1.165, 1.54) is 0 Å². The first-order valence-corrected chi connectivity index (χ1v) is 17.9. The number of fused-ring (bicyclic) bond motifs is 3. The fourth-order valence-corrected chi connectivity index (χ4v) is 6.92. The van der Waals surface area contributed by atoms with Crippen molar-refractivity contribution in [3.8, 4) is 78.7 Å². The predicted molar refractivity (Wildman–Crippen MR) is 225 cm³/mol. The van der Waals surface area contributed by atoms with Crippen LogP contribution in [0.15, 0.2) is 204 Å². The lowest BCUT2D eigenvalue weighted by Crippen LogP contribution is -2.00. The number of aromatic nitrogens is 3. The van der Waals surface area contributed by atoms with E-state index in [2.05, 4.69) is 6.07 Å². The second-order valence-electron chi connectivity index (χ2n) is 13.2. The molecule has 8 aromatic carbocycles. The Morgan fingerprint density at radius 3 is 1.36 bits per heavy atom. The van der Waals surface area contributed by atoms with Gasteiger partial charge in [0.25, 0.3) is 0 Å². The summed E-state index contributed by atoms with van der Waals surface area (Å²) in [5.41, 5.74) is 7.77. The molecule has 4 heteroatoms. The standard InChI is InChI=1S/C51H33N3O/c1-5-14-34(15-6-1)37-24-26-39(27-25-37)50-52-49(38-20-11-4-12-21-38)53-51(54-50)40-28-29-45-47(33-40)55-46-23-13-22-44(48(45)46)43-31-41(35-16-7-2-8-17-35)30-42(32-43)36-18-9-3-10-19-36/h1-33H/i13D,22D,23D,28D,29D,33D. The molecule has 0 radical (unpaired) electrons. The van der Waals surface area contributed by atoms with Gasteiger partial charge in [0.15, 0.2) is 17.5 Å². The Bertz CT molecular complexity index is 3230. The first-order chi connectivity index (χ1) is 29.7. The van der Waals surface area contributed by atoms with Gasteiger partial charge in [0, 0.05) is 27.5 Å². The molecular weight excluding hydrogens is 671 g/mol. The minimum Gasteiger partial charge on any atom is -0.456 e. The number of nitrogens with zero attached hydrogens (tertiary/aromatic N) is 3. The summed E-state index contributed by atoms with van der Waals surface area (Å²) in [6.07, 6.45) is 0. The van der Waals surface area contributed by atoms with Gasteiger partial charge in [-0.2, -0.15) is 0 Å². The summed E-state index contributed by atoms with van der Waals surface area (Å²) in [5, 5.41) is 0.328. The van der Waals surface area contributed by atoms with E-state index in [1.54, 1.807) is 0 Å². The third-order valence-corrected chi connectivity index (χ3v) is 9.65. The van der Waals surface area contributed by atoms with Gasteiger partial charge in [-0.25, -0.2) is 15.0 Å². The first kappa shape index (κ1) is 26.4. The Morgan fingerprint density at radius 1 is 0.364 bits per heavy atom. The van der Waals surface area contributed by atoms with Crippen LogP contribution in [-0.2, 0) is 0 Å². The zero-order chi connectivity index (χ0) is 41.8. The molecule has 0 N–H and O–H groups in total. The van der Waals surface area contributed by atoms with Crippen molar-refractivity contribution in [3.63, 3.8) is 0 Å². The van der Waals surface area contributed by atoms with E-state index in [9.17, 15) is 5.48 Å². The highest BCUT2D eigenvalue weighted by atomic mass is 16.3. The highest BCUT2D eigenvalue weighted by molar-refractivity contribution is 6.13. The molecule has 55 heavy (non-hydrogen) atoms. The molecule has 2 aromatic heterocycles. The quantitative estimate of drug-likeness (QED) is 0.165. The first-order valence-electron chi connectivity index (χ1n) is 20.9. The summed E-state index contributed by atoms with van der Waals surface area (Å²) in [6, 6.07) is 51.0. The molecule has 2 heterocycles. The maximum Gasteiger partial charge on any atom is 0.164 e. The van der Waals surface area contributed by atoms with E-state index in [0.717, 1.165) is 33.4 Å². The molecule has 0 amide bonds. The van der Waals surface area contributed by atoms with Crippen LogP contribution in [0.2, 0.25) is 0 Å². The third kappa shape index (κ3) is 6.26. The lowest BCUT2D eigenvalue weighted by molar-refractivity contribution is 0.669. The summed E-state index contributed by atoms with van der Waals surface area (Å²) in [7, 11) is 0. The van der Waals surface area contributed by atoms with Gasteiger partial charge < -0.3 is 4.42 Å². The van der Waals surface area contributed by atoms with Gasteiger partial charge in [0.05, 0.1) is 8.22 Å². The van der Waals surface area contributed by atoms with Crippen molar-refractivity contribution >= 4 is 21.9 Å². The van der Waals surface area contributed by atoms with Crippen molar-refractivity contribution in [2.24, 2.45) is 0 Å². The van der Waals surface area contributed by atoms with Crippen molar-refractivity contribution in [3.05, 3.63) is 200 Å². The van der Waals surface area contributed by atoms with E-state index in [0.29, 0.717) is 28.3 Å². The molecule has 10 rings (SSSR count). The molecule has 0 aliphatic heterocycles. The number of hydrogen-bond acceptors (Lipinski definition) is 4. The van der Waals surface area contributed by atoms with Crippen LogP contribution in [0.4, 0.5) is 0 Å². The molecular formula is C51H33N3O. The average Bonchev–Trinajstić information content (AvgIpc) is 3.72. The van der Waals surface area contributed by atoms with Crippen LogP contribution in [0, 0.1) is 0 Å². The van der Waals surface area contributed by atoms with Crippen molar-refractivity contribution in [2.75, 3.05) is 0 Å².